The van der Waals surface area contributed by atoms with Crippen LogP contribution < -0.4 is 5.32 Å². The topological polar surface area (TPSA) is 165 Å². The second-order valence-electron chi connectivity index (χ2n) is 8.58. The molecule has 2 fully saturated rings. The first-order chi connectivity index (χ1) is 16.3. The number of carbonyl (C=O) groups excluding carboxylic acids is 1. The van der Waals surface area contributed by atoms with Crippen LogP contribution in [-0.4, -0.2) is 127 Å². The molecule has 34 heavy (non-hydrogen) atoms. The van der Waals surface area contributed by atoms with Crippen molar-refractivity contribution in [3.63, 3.8) is 0 Å². The van der Waals surface area contributed by atoms with Crippen molar-refractivity contribution in [2.45, 2.75) is 43.9 Å². The molecule has 1 aliphatic heterocycles. The van der Waals surface area contributed by atoms with Gasteiger partial charge in [-0.1, -0.05) is 5.21 Å². The minimum atomic E-state index is -2.92. The number of hydrogen-bond donors (Lipinski definition) is 3. The molecule has 13 nitrogen and oxygen atoms in total. The fraction of sp³-hybridized carbons (Fsp3) is 0.850. The first-order valence-corrected chi connectivity index (χ1v) is 13.1. The number of amides is 1. The van der Waals surface area contributed by atoms with Gasteiger partial charge in [0, 0.05) is 40.4 Å². The number of methoxy groups -OCH3 is 2. The monoisotopic (exact) mass is 505 g/mol. The van der Waals surface area contributed by atoms with E-state index in [1.54, 1.807) is 10.9 Å². The molecule has 2 heterocycles. The maximum absolute atomic E-state index is 12.6. The zero-order chi connectivity index (χ0) is 24.7. The highest BCUT2D eigenvalue weighted by Gasteiger charge is 2.46. The highest BCUT2D eigenvalue weighted by molar-refractivity contribution is 7.91. The highest BCUT2D eigenvalue weighted by atomic mass is 32.2. The van der Waals surface area contributed by atoms with E-state index in [4.69, 9.17) is 14.2 Å². The molecule has 2 aliphatic rings. The molecular formula is C20H35N5O8S. The lowest BCUT2D eigenvalue weighted by molar-refractivity contribution is -0.180. The van der Waals surface area contributed by atoms with Crippen molar-refractivity contribution >= 4 is 15.7 Å². The summed E-state index contributed by atoms with van der Waals surface area (Å²) in [6, 6.07) is 0. The van der Waals surface area contributed by atoms with Crippen molar-refractivity contribution in [2.24, 2.45) is 5.92 Å². The Morgan fingerprint density at radius 1 is 1.18 bits per heavy atom. The van der Waals surface area contributed by atoms with Gasteiger partial charge in [0.2, 0.25) is 5.91 Å². The molecule has 0 aromatic carbocycles. The van der Waals surface area contributed by atoms with Crippen molar-refractivity contribution in [3.8, 4) is 0 Å². The van der Waals surface area contributed by atoms with Gasteiger partial charge in [-0.05, 0) is 6.42 Å². The summed E-state index contributed by atoms with van der Waals surface area (Å²) >= 11 is 0. The second kappa shape index (κ2) is 12.3. The number of aliphatic hydroxyl groups excluding tert-OH is 2. The molecule has 0 spiro atoms. The number of aliphatic hydroxyl groups is 2. The Morgan fingerprint density at radius 3 is 2.59 bits per heavy atom. The van der Waals surface area contributed by atoms with E-state index < -0.39 is 40.2 Å². The fourth-order valence-corrected chi connectivity index (χ4v) is 5.61. The van der Waals surface area contributed by atoms with Gasteiger partial charge in [0.05, 0.1) is 61.3 Å². The number of hydrogen-bond acceptors (Lipinski definition) is 11. The minimum absolute atomic E-state index is 0.168. The third-order valence-corrected chi connectivity index (χ3v) is 7.98. The van der Waals surface area contributed by atoms with Gasteiger partial charge in [-0.25, -0.2) is 13.1 Å². The number of carbonyl (C=O) groups is 1. The van der Waals surface area contributed by atoms with Gasteiger partial charge < -0.3 is 29.7 Å². The van der Waals surface area contributed by atoms with E-state index >= 15 is 0 Å². The van der Waals surface area contributed by atoms with Crippen LogP contribution in [-0.2, 0) is 41.9 Å². The van der Waals surface area contributed by atoms with E-state index in [-0.39, 0.29) is 37.0 Å². The van der Waals surface area contributed by atoms with E-state index in [2.05, 4.69) is 20.5 Å². The van der Waals surface area contributed by atoms with Gasteiger partial charge in [0.25, 0.3) is 0 Å². The summed E-state index contributed by atoms with van der Waals surface area (Å²) in [5, 5.41) is 31.1. The van der Waals surface area contributed by atoms with Gasteiger partial charge >= 0.3 is 0 Å². The van der Waals surface area contributed by atoms with Crippen molar-refractivity contribution < 1.29 is 37.6 Å². The quantitative estimate of drug-likeness (QED) is 0.270. The maximum Gasteiger partial charge on any atom is 0.226 e. The largest absolute Gasteiger partial charge is 0.388 e. The summed E-state index contributed by atoms with van der Waals surface area (Å²) in [4.78, 5) is 14.7. The number of rotatable bonds is 11. The van der Waals surface area contributed by atoms with Crippen LogP contribution in [0.4, 0.5) is 0 Å². The van der Waals surface area contributed by atoms with Crippen LogP contribution in [0.1, 0.15) is 12.1 Å². The normalized spacial score (nSPS) is 29.7. The highest BCUT2D eigenvalue weighted by Crippen LogP contribution is 2.29. The van der Waals surface area contributed by atoms with E-state index in [9.17, 15) is 23.4 Å². The summed E-state index contributed by atoms with van der Waals surface area (Å²) in [6.45, 7) is 2.96. The van der Waals surface area contributed by atoms with Gasteiger partial charge in [-0.15, -0.1) is 5.10 Å². The van der Waals surface area contributed by atoms with Crippen LogP contribution >= 0.6 is 0 Å². The van der Waals surface area contributed by atoms with Gasteiger partial charge in [-0.2, -0.15) is 0 Å². The Morgan fingerprint density at radius 2 is 1.91 bits per heavy atom. The van der Waals surface area contributed by atoms with Gasteiger partial charge in [0.15, 0.2) is 9.84 Å². The number of aromatic nitrogens is 3. The van der Waals surface area contributed by atoms with Crippen LogP contribution in [0.25, 0.3) is 0 Å². The molecule has 0 bridgehead atoms. The molecule has 194 valence electrons. The minimum Gasteiger partial charge on any atom is -0.388 e. The Hall–Kier alpha value is -1.68. The van der Waals surface area contributed by atoms with Gasteiger partial charge in [0.1, 0.15) is 12.2 Å². The van der Waals surface area contributed by atoms with E-state index in [1.807, 2.05) is 0 Å². The molecule has 5 atom stereocenters. The predicted octanol–water partition coefficient (Wildman–Crippen LogP) is -2.59. The average Bonchev–Trinajstić information content (AvgIpc) is 3.25. The summed E-state index contributed by atoms with van der Waals surface area (Å²) in [6.07, 6.45) is -1.92. The third-order valence-electron chi connectivity index (χ3n) is 6.38. The molecule has 1 unspecified atom stereocenters. The van der Waals surface area contributed by atoms with Crippen LogP contribution in [0.15, 0.2) is 6.20 Å². The summed E-state index contributed by atoms with van der Waals surface area (Å²) in [5.41, 5.74) is 0.882. The van der Waals surface area contributed by atoms with Crippen molar-refractivity contribution in [1.29, 1.82) is 0 Å². The first-order valence-electron chi connectivity index (χ1n) is 11.3. The number of sulfone groups is 1. The standard InChI is InChI=1S/C20H35N5O8S/c1-31-16-11-15(19(32-2)18(27)17(16)26)20(28)21-3-7-33-8-4-25-14(12-22-23-25)13-24-5-9-34(29,30)10-6-24/h12,15-19,26-27H,3-11,13H2,1-2H3,(H,21,28)/t15?,16-,17-,18-,19-/m1/s1. The van der Waals surface area contributed by atoms with E-state index in [0.717, 1.165) is 5.69 Å². The molecule has 0 radical (unpaired) electrons. The molecule has 14 heteroatoms. The van der Waals surface area contributed by atoms with Crippen LogP contribution in [0.2, 0.25) is 0 Å². The van der Waals surface area contributed by atoms with Crippen molar-refractivity contribution in [1.82, 2.24) is 25.2 Å². The fourth-order valence-electron chi connectivity index (χ4n) is 4.33. The molecule has 1 saturated carbocycles. The van der Waals surface area contributed by atoms with Crippen LogP contribution in [0.5, 0.6) is 0 Å². The molecule has 3 N–H and O–H groups in total. The third kappa shape index (κ3) is 6.93. The zero-order valence-corrected chi connectivity index (χ0v) is 20.4. The zero-order valence-electron chi connectivity index (χ0n) is 19.6. The Balaban J connectivity index is 1.36. The number of nitrogens with zero attached hydrogens (tertiary/aromatic N) is 4. The Bertz CT molecular complexity index is 883. The van der Waals surface area contributed by atoms with E-state index in [0.29, 0.717) is 32.8 Å². The number of ether oxygens (including phenoxy) is 3. The smallest absolute Gasteiger partial charge is 0.226 e. The molecule has 1 aromatic heterocycles. The summed E-state index contributed by atoms with van der Waals surface area (Å²) in [5.74, 6) is -0.622. The van der Waals surface area contributed by atoms with Gasteiger partial charge in [-0.3, -0.25) is 9.69 Å². The molecule has 1 amide bonds. The summed E-state index contributed by atoms with van der Waals surface area (Å²) in [7, 11) is -0.105. The van der Waals surface area contributed by atoms with Crippen molar-refractivity contribution in [3.05, 3.63) is 11.9 Å². The Labute approximate surface area is 199 Å². The van der Waals surface area contributed by atoms with Crippen LogP contribution in [0, 0.1) is 5.92 Å². The first kappa shape index (κ1) is 26.9. The molecule has 1 aliphatic carbocycles. The molecule has 3 rings (SSSR count). The SMILES string of the molecule is CO[C@@H]1C(C(=O)NCCOCCn2nncc2CN2CCS(=O)(=O)CC2)C[C@@H](OC)[C@@H](O)[C@H]1O. The number of nitrogens with one attached hydrogen (secondary N) is 1. The maximum atomic E-state index is 12.6. The van der Waals surface area contributed by atoms with E-state index in [1.165, 1.54) is 14.2 Å². The summed E-state index contributed by atoms with van der Waals surface area (Å²) < 4.78 is 40.9. The lowest BCUT2D eigenvalue weighted by atomic mass is 9.80. The Kier molecular flexibility index (Phi) is 9.76. The molecular weight excluding hydrogens is 470 g/mol. The van der Waals surface area contributed by atoms with Crippen molar-refractivity contribution in [2.75, 3.05) is 58.6 Å². The average molecular weight is 506 g/mol. The lowest BCUT2D eigenvalue weighted by Crippen LogP contribution is -2.58. The predicted molar refractivity (Wildman–Crippen MR) is 119 cm³/mol. The second-order valence-corrected chi connectivity index (χ2v) is 10.9. The molecule has 1 aromatic rings. The molecule has 1 saturated heterocycles. The lowest BCUT2D eigenvalue weighted by Gasteiger charge is -2.40. The van der Waals surface area contributed by atoms with Crippen LogP contribution in [0.3, 0.4) is 0 Å².